The summed E-state index contributed by atoms with van der Waals surface area (Å²) in [6, 6.07) is 11.7. The Morgan fingerprint density at radius 1 is 1.04 bits per heavy atom. The smallest absolute Gasteiger partial charge is 0.337 e. The lowest BCUT2D eigenvalue weighted by Crippen LogP contribution is -2.36. The van der Waals surface area contributed by atoms with Crippen LogP contribution in [-0.4, -0.2) is 25.3 Å². The molecule has 5 nitrogen and oxygen atoms in total. The molecule has 0 spiro atoms. The van der Waals surface area contributed by atoms with Gasteiger partial charge >= 0.3 is 5.97 Å². The van der Waals surface area contributed by atoms with Crippen molar-refractivity contribution in [1.82, 2.24) is 0 Å². The minimum Gasteiger partial charge on any atom is -0.493 e. The fourth-order valence-electron chi connectivity index (χ4n) is 6.16. The first-order valence-corrected chi connectivity index (χ1v) is 9.97. The van der Waals surface area contributed by atoms with Crippen LogP contribution in [0.1, 0.15) is 52.7 Å². The Labute approximate surface area is 164 Å². The van der Waals surface area contributed by atoms with Gasteiger partial charge in [-0.2, -0.15) is 0 Å². The van der Waals surface area contributed by atoms with E-state index in [9.17, 15) is 9.90 Å². The molecule has 5 rings (SSSR count). The molecule has 0 radical (unpaired) electrons. The quantitative estimate of drug-likeness (QED) is 0.806. The summed E-state index contributed by atoms with van der Waals surface area (Å²) in [5, 5.41) is 13.4. The molecule has 5 heteroatoms. The van der Waals surface area contributed by atoms with E-state index in [-0.39, 0.29) is 6.04 Å². The van der Waals surface area contributed by atoms with Crippen LogP contribution in [0.2, 0.25) is 0 Å². The molecule has 2 saturated carbocycles. The van der Waals surface area contributed by atoms with E-state index in [1.54, 1.807) is 20.3 Å². The van der Waals surface area contributed by atoms with Gasteiger partial charge in [0.25, 0.3) is 0 Å². The van der Waals surface area contributed by atoms with Crippen LogP contribution in [0.3, 0.4) is 0 Å². The van der Waals surface area contributed by atoms with Gasteiger partial charge in [-0.15, -0.1) is 0 Å². The Balaban J connectivity index is 1.70. The lowest BCUT2D eigenvalue weighted by atomic mass is 9.67. The number of rotatable bonds is 4. The maximum Gasteiger partial charge on any atom is 0.337 e. The van der Waals surface area contributed by atoms with Crippen LogP contribution in [0.4, 0.5) is 5.69 Å². The third-order valence-corrected chi connectivity index (χ3v) is 7.12. The van der Waals surface area contributed by atoms with Gasteiger partial charge < -0.3 is 19.9 Å². The number of nitrogens with one attached hydrogen (secondary N) is 1. The van der Waals surface area contributed by atoms with E-state index in [2.05, 4.69) is 17.4 Å². The predicted molar refractivity (Wildman–Crippen MR) is 106 cm³/mol. The van der Waals surface area contributed by atoms with E-state index in [4.69, 9.17) is 9.47 Å². The van der Waals surface area contributed by atoms with Gasteiger partial charge in [0.05, 0.1) is 31.5 Å². The first-order chi connectivity index (χ1) is 13.6. The molecule has 5 atom stereocenters. The van der Waals surface area contributed by atoms with Gasteiger partial charge in [-0.25, -0.2) is 4.79 Å². The summed E-state index contributed by atoms with van der Waals surface area (Å²) in [4.78, 5) is 11.9. The van der Waals surface area contributed by atoms with Crippen molar-refractivity contribution in [3.05, 3.63) is 53.1 Å². The molecule has 146 valence electrons. The first-order valence-electron chi connectivity index (χ1n) is 9.97. The maximum absolute atomic E-state index is 11.9. The van der Waals surface area contributed by atoms with Crippen molar-refractivity contribution in [2.24, 2.45) is 17.8 Å². The van der Waals surface area contributed by atoms with E-state index in [1.165, 1.54) is 24.8 Å². The summed E-state index contributed by atoms with van der Waals surface area (Å²) in [5.41, 5.74) is 3.36. The second-order valence-corrected chi connectivity index (χ2v) is 8.22. The second kappa shape index (κ2) is 6.43. The van der Waals surface area contributed by atoms with Crippen molar-refractivity contribution in [1.29, 1.82) is 0 Å². The molecule has 1 aliphatic heterocycles. The topological polar surface area (TPSA) is 67.8 Å². The molecule has 3 aliphatic rings. The molecule has 2 N–H and O–H groups in total. The average molecular weight is 379 g/mol. The number of hydrogen-bond acceptors (Lipinski definition) is 4. The number of carboxylic acids is 1. The molecule has 0 amide bonds. The average Bonchev–Trinajstić information content (AvgIpc) is 3.34. The number of anilines is 1. The number of ether oxygens (including phenoxy) is 2. The molecule has 2 bridgehead atoms. The van der Waals surface area contributed by atoms with Crippen molar-refractivity contribution >= 4 is 11.7 Å². The SMILES string of the molecule is COc1cccc([C@H]2Nc3c(C(=O)O)cccc3[C@H]3[C@H]4CC[C@@H](C4)[C@@H]32)c1OC. The van der Waals surface area contributed by atoms with Crippen molar-refractivity contribution in [3.63, 3.8) is 0 Å². The summed E-state index contributed by atoms with van der Waals surface area (Å²) in [5.74, 6) is 2.69. The summed E-state index contributed by atoms with van der Waals surface area (Å²) in [6.07, 6.45) is 3.73. The molecular formula is C23H25NO4. The number of carbonyl (C=O) groups is 1. The lowest BCUT2D eigenvalue weighted by molar-refractivity contribution is 0.0697. The van der Waals surface area contributed by atoms with Crippen LogP contribution < -0.4 is 14.8 Å². The van der Waals surface area contributed by atoms with E-state index < -0.39 is 5.97 Å². The van der Waals surface area contributed by atoms with Crippen molar-refractivity contribution in [2.75, 3.05) is 19.5 Å². The third kappa shape index (κ3) is 2.35. The third-order valence-electron chi connectivity index (χ3n) is 7.12. The minimum absolute atomic E-state index is 0.0124. The molecule has 28 heavy (non-hydrogen) atoms. The number of carboxylic acid groups (broad SMARTS) is 1. The summed E-state index contributed by atoms with van der Waals surface area (Å²) in [7, 11) is 3.31. The van der Waals surface area contributed by atoms with E-state index >= 15 is 0 Å². The van der Waals surface area contributed by atoms with Crippen molar-refractivity contribution < 1.29 is 19.4 Å². The Kier molecular flexibility index (Phi) is 4.00. The Bertz CT molecular complexity index is 940. The second-order valence-electron chi connectivity index (χ2n) is 8.22. The van der Waals surface area contributed by atoms with E-state index in [1.807, 2.05) is 18.2 Å². The summed E-state index contributed by atoms with van der Waals surface area (Å²) in [6.45, 7) is 0. The highest BCUT2D eigenvalue weighted by Gasteiger charge is 2.54. The zero-order valence-corrected chi connectivity index (χ0v) is 16.1. The molecule has 0 unspecified atom stereocenters. The zero-order valence-electron chi connectivity index (χ0n) is 16.1. The number of hydrogen-bond donors (Lipinski definition) is 2. The predicted octanol–water partition coefficient (Wildman–Crippen LogP) is 4.70. The Morgan fingerprint density at radius 3 is 2.54 bits per heavy atom. The number of aromatic carboxylic acids is 1. The van der Waals surface area contributed by atoms with Crippen molar-refractivity contribution in [3.8, 4) is 11.5 Å². The van der Waals surface area contributed by atoms with Gasteiger partial charge in [-0.1, -0.05) is 24.3 Å². The Hall–Kier alpha value is -2.69. The molecule has 0 saturated heterocycles. The molecule has 0 aromatic heterocycles. The highest BCUT2D eigenvalue weighted by Crippen LogP contribution is 2.64. The fraction of sp³-hybridized carbons (Fsp3) is 0.435. The van der Waals surface area contributed by atoms with Gasteiger partial charge in [0.2, 0.25) is 0 Å². The van der Waals surface area contributed by atoms with Crippen LogP contribution in [0, 0.1) is 17.8 Å². The van der Waals surface area contributed by atoms with E-state index in [0.29, 0.717) is 35.0 Å². The number of benzene rings is 2. The first kappa shape index (κ1) is 17.4. The highest BCUT2D eigenvalue weighted by molar-refractivity contribution is 5.95. The normalized spacial score (nSPS) is 29.6. The van der Waals surface area contributed by atoms with Gasteiger partial charge in [0, 0.05) is 5.56 Å². The number of methoxy groups -OCH3 is 2. The Morgan fingerprint density at radius 2 is 1.79 bits per heavy atom. The zero-order chi connectivity index (χ0) is 19.4. The molecule has 1 heterocycles. The van der Waals surface area contributed by atoms with Gasteiger partial charge in [0.1, 0.15) is 0 Å². The van der Waals surface area contributed by atoms with Crippen LogP contribution in [0.5, 0.6) is 11.5 Å². The summed E-state index contributed by atoms with van der Waals surface area (Å²) >= 11 is 0. The summed E-state index contributed by atoms with van der Waals surface area (Å²) < 4.78 is 11.3. The highest BCUT2D eigenvalue weighted by atomic mass is 16.5. The largest absolute Gasteiger partial charge is 0.493 e. The molecular weight excluding hydrogens is 354 g/mol. The number of para-hydroxylation sites is 2. The van der Waals surface area contributed by atoms with Gasteiger partial charge in [-0.05, 0) is 60.6 Å². The van der Waals surface area contributed by atoms with E-state index in [0.717, 1.165) is 17.0 Å². The lowest BCUT2D eigenvalue weighted by Gasteiger charge is -2.44. The van der Waals surface area contributed by atoms with Crippen LogP contribution in [-0.2, 0) is 0 Å². The van der Waals surface area contributed by atoms with Gasteiger partial charge in [0.15, 0.2) is 11.5 Å². The number of fused-ring (bicyclic) bond motifs is 7. The molecule has 2 aromatic carbocycles. The minimum atomic E-state index is -0.887. The standard InChI is InChI=1S/C23H25NO4/c1-27-17-8-4-6-15(22(17)28-2)21-19-13-10-9-12(11-13)18(19)14-5-3-7-16(23(25)26)20(14)24-21/h3-8,12-13,18-19,21,24H,9-11H2,1-2H3,(H,25,26)/t12-,13-,18+,19-,21+/m0/s1. The van der Waals surface area contributed by atoms with Crippen molar-refractivity contribution in [2.45, 2.75) is 31.2 Å². The molecule has 2 aromatic rings. The van der Waals surface area contributed by atoms with Crippen LogP contribution in [0.15, 0.2) is 36.4 Å². The van der Waals surface area contributed by atoms with Crippen LogP contribution >= 0.6 is 0 Å². The maximum atomic E-state index is 11.9. The van der Waals surface area contributed by atoms with Gasteiger partial charge in [-0.3, -0.25) is 0 Å². The van der Waals surface area contributed by atoms with Crippen LogP contribution in [0.25, 0.3) is 0 Å². The molecule has 2 aliphatic carbocycles. The monoisotopic (exact) mass is 379 g/mol. The molecule has 2 fully saturated rings. The fourth-order valence-corrected chi connectivity index (χ4v) is 6.16.